The van der Waals surface area contributed by atoms with Crippen molar-refractivity contribution >= 4 is 29.4 Å². The number of benzene rings is 2. The van der Waals surface area contributed by atoms with Crippen LogP contribution in [0.2, 0.25) is 0 Å². The molecule has 0 spiro atoms. The van der Waals surface area contributed by atoms with Crippen LogP contribution >= 0.6 is 0 Å². The third-order valence-electron chi connectivity index (χ3n) is 4.76. The fourth-order valence-corrected chi connectivity index (χ4v) is 3.35. The number of rotatable bonds is 2. The van der Waals surface area contributed by atoms with Crippen molar-refractivity contribution in [1.29, 1.82) is 0 Å². The van der Waals surface area contributed by atoms with E-state index in [0.717, 1.165) is 36.0 Å². The predicted molar refractivity (Wildman–Crippen MR) is 104 cm³/mol. The Morgan fingerprint density at radius 2 is 1.85 bits per heavy atom. The third kappa shape index (κ3) is 2.96. The van der Waals surface area contributed by atoms with Crippen LogP contribution in [0.4, 0.5) is 11.4 Å². The number of carbonyl (C=O) groups excluding carboxylic acids is 1. The third-order valence-corrected chi connectivity index (χ3v) is 4.76. The van der Waals surface area contributed by atoms with E-state index in [1.165, 1.54) is 12.7 Å². The molecule has 2 aliphatic rings. The van der Waals surface area contributed by atoms with Crippen molar-refractivity contribution in [1.82, 2.24) is 4.90 Å². The maximum atomic E-state index is 12.2. The van der Waals surface area contributed by atoms with Gasteiger partial charge in [0.25, 0.3) is 0 Å². The summed E-state index contributed by atoms with van der Waals surface area (Å²) in [6, 6.07) is 16.3. The van der Waals surface area contributed by atoms with Crippen molar-refractivity contribution in [2.75, 3.05) is 31.6 Å². The molecule has 0 saturated carbocycles. The first-order valence-corrected chi connectivity index (χ1v) is 8.71. The average Bonchev–Trinajstić information content (AvgIpc) is 3.02. The van der Waals surface area contributed by atoms with Crippen molar-refractivity contribution in [3.8, 4) is 0 Å². The monoisotopic (exact) mass is 347 g/mol. The number of carbonyl (C=O) groups is 1. The van der Waals surface area contributed by atoms with Crippen LogP contribution in [0.3, 0.4) is 0 Å². The number of fused-ring (bicyclic) bond motifs is 2. The number of nitrogens with zero attached hydrogens (tertiary/aromatic N) is 3. The Morgan fingerprint density at radius 1 is 1.08 bits per heavy atom. The fourth-order valence-electron chi connectivity index (χ4n) is 3.35. The zero-order chi connectivity index (χ0) is 18.1. The molecule has 26 heavy (non-hydrogen) atoms. The Kier molecular flexibility index (Phi) is 4.21. The lowest BCUT2D eigenvalue weighted by Gasteiger charge is -2.25. The summed E-state index contributed by atoms with van der Waals surface area (Å²) in [5.74, 6) is 0.575. The van der Waals surface area contributed by atoms with Gasteiger partial charge in [-0.15, -0.1) is 0 Å². The lowest BCUT2D eigenvalue weighted by Crippen LogP contribution is -2.36. The van der Waals surface area contributed by atoms with Gasteiger partial charge in [-0.1, -0.05) is 35.9 Å². The molecule has 0 N–H and O–H groups in total. The van der Waals surface area contributed by atoms with Crippen LogP contribution < -0.4 is 4.90 Å². The minimum atomic E-state index is -0.296. The largest absolute Gasteiger partial charge is 0.466 e. The van der Waals surface area contributed by atoms with E-state index in [9.17, 15) is 4.79 Å². The molecule has 2 aliphatic heterocycles. The highest BCUT2D eigenvalue weighted by Crippen LogP contribution is 2.29. The summed E-state index contributed by atoms with van der Waals surface area (Å²) >= 11 is 0. The second-order valence-electron chi connectivity index (χ2n) is 6.54. The van der Waals surface area contributed by atoms with Gasteiger partial charge in [0.2, 0.25) is 5.96 Å². The van der Waals surface area contributed by atoms with E-state index in [1.807, 2.05) is 30.3 Å². The summed E-state index contributed by atoms with van der Waals surface area (Å²) < 4.78 is 4.99. The van der Waals surface area contributed by atoms with Crippen LogP contribution in [-0.4, -0.2) is 43.6 Å². The number of methoxy groups -OCH3 is 1. The summed E-state index contributed by atoms with van der Waals surface area (Å²) in [5, 5.41) is 0. The molecule has 0 aromatic heterocycles. The quantitative estimate of drug-likeness (QED) is 0.782. The predicted octanol–water partition coefficient (Wildman–Crippen LogP) is 3.37. The first kappa shape index (κ1) is 16.4. The van der Waals surface area contributed by atoms with Crippen molar-refractivity contribution < 1.29 is 9.53 Å². The number of guanidine groups is 1. The van der Waals surface area contributed by atoms with Crippen LogP contribution in [-0.2, 0) is 9.53 Å². The van der Waals surface area contributed by atoms with Gasteiger partial charge < -0.3 is 14.5 Å². The van der Waals surface area contributed by atoms with E-state index >= 15 is 0 Å². The van der Waals surface area contributed by atoms with Gasteiger partial charge in [0.1, 0.15) is 0 Å². The molecule has 0 unspecified atom stereocenters. The van der Waals surface area contributed by atoms with Gasteiger partial charge in [0, 0.05) is 24.3 Å². The summed E-state index contributed by atoms with van der Waals surface area (Å²) in [6.45, 7) is 4.21. The number of aliphatic imine (C=N–C) groups is 1. The molecular weight excluding hydrogens is 326 g/mol. The number of ether oxygens (including phenoxy) is 1. The molecule has 2 heterocycles. The van der Waals surface area contributed by atoms with Crippen molar-refractivity contribution in [3.05, 3.63) is 65.2 Å². The summed E-state index contributed by atoms with van der Waals surface area (Å²) in [5.41, 5.74) is 4.76. The smallest absolute Gasteiger partial charge is 0.335 e. The SMILES string of the molecule is COC(=O)/C1=C/c2ccccc2N=C2N(CCN2c2ccc(C)cc2)C1. The molecule has 2 aromatic rings. The molecule has 0 bridgehead atoms. The zero-order valence-corrected chi connectivity index (χ0v) is 15.0. The minimum Gasteiger partial charge on any atom is -0.466 e. The highest BCUT2D eigenvalue weighted by atomic mass is 16.5. The first-order chi connectivity index (χ1) is 12.7. The number of para-hydroxylation sites is 1. The maximum Gasteiger partial charge on any atom is 0.335 e. The van der Waals surface area contributed by atoms with E-state index in [2.05, 4.69) is 41.0 Å². The molecule has 5 heteroatoms. The Hall–Kier alpha value is -3.08. The Balaban J connectivity index is 1.79. The molecule has 4 rings (SSSR count). The summed E-state index contributed by atoms with van der Waals surface area (Å²) in [4.78, 5) is 21.5. The number of hydrogen-bond donors (Lipinski definition) is 0. The van der Waals surface area contributed by atoms with Crippen LogP contribution in [0.25, 0.3) is 6.08 Å². The molecule has 5 nitrogen and oxygen atoms in total. The van der Waals surface area contributed by atoms with Gasteiger partial charge in [-0.25, -0.2) is 9.79 Å². The molecule has 0 atom stereocenters. The topological polar surface area (TPSA) is 45.1 Å². The van der Waals surface area contributed by atoms with Crippen LogP contribution in [0.1, 0.15) is 11.1 Å². The number of esters is 1. The standard InChI is InChI=1S/C21H21N3O2/c1-15-7-9-18(10-8-15)24-12-11-23-14-17(20(25)26-2)13-16-5-3-4-6-19(16)22-21(23)24/h3-10,13H,11-12,14H2,1-2H3/b17-13+,22-21?. The lowest BCUT2D eigenvalue weighted by atomic mass is 10.1. The van der Waals surface area contributed by atoms with E-state index in [0.29, 0.717) is 12.1 Å². The Labute approximate surface area is 153 Å². The Morgan fingerprint density at radius 3 is 2.62 bits per heavy atom. The van der Waals surface area contributed by atoms with E-state index < -0.39 is 0 Å². The highest BCUT2D eigenvalue weighted by Gasteiger charge is 2.31. The van der Waals surface area contributed by atoms with Gasteiger partial charge in [-0.2, -0.15) is 0 Å². The van der Waals surface area contributed by atoms with Gasteiger partial charge >= 0.3 is 5.97 Å². The minimum absolute atomic E-state index is 0.296. The molecule has 1 fully saturated rings. The number of aryl methyl sites for hydroxylation is 1. The van der Waals surface area contributed by atoms with Gasteiger partial charge in [-0.05, 0) is 31.2 Å². The molecule has 0 amide bonds. The average molecular weight is 347 g/mol. The first-order valence-electron chi connectivity index (χ1n) is 8.71. The van der Waals surface area contributed by atoms with Gasteiger partial charge in [0.15, 0.2) is 0 Å². The van der Waals surface area contributed by atoms with Crippen LogP contribution in [0.5, 0.6) is 0 Å². The Bertz CT molecular complexity index is 900. The van der Waals surface area contributed by atoms with Gasteiger partial charge in [0.05, 0.1) is 24.9 Å². The second-order valence-corrected chi connectivity index (χ2v) is 6.54. The normalized spacial score (nSPS) is 18.1. The van der Waals surface area contributed by atoms with Crippen LogP contribution in [0, 0.1) is 6.92 Å². The van der Waals surface area contributed by atoms with Crippen LogP contribution in [0.15, 0.2) is 59.1 Å². The van der Waals surface area contributed by atoms with Crippen molar-refractivity contribution in [3.63, 3.8) is 0 Å². The fraction of sp³-hybridized carbons (Fsp3) is 0.238. The summed E-state index contributed by atoms with van der Waals surface area (Å²) in [6.07, 6.45) is 1.88. The number of hydrogen-bond acceptors (Lipinski definition) is 5. The molecular formula is C21H21N3O2. The lowest BCUT2D eigenvalue weighted by molar-refractivity contribution is -0.136. The number of anilines is 1. The summed E-state index contributed by atoms with van der Waals surface area (Å²) in [7, 11) is 1.42. The van der Waals surface area contributed by atoms with E-state index in [1.54, 1.807) is 0 Å². The van der Waals surface area contributed by atoms with E-state index in [4.69, 9.17) is 9.73 Å². The maximum absolute atomic E-state index is 12.2. The molecule has 1 saturated heterocycles. The molecule has 2 aromatic carbocycles. The molecule has 132 valence electrons. The zero-order valence-electron chi connectivity index (χ0n) is 15.0. The molecule has 0 aliphatic carbocycles. The second kappa shape index (κ2) is 6.67. The molecule has 0 radical (unpaired) electrons. The van der Waals surface area contributed by atoms with E-state index in [-0.39, 0.29) is 5.97 Å². The van der Waals surface area contributed by atoms with Crippen molar-refractivity contribution in [2.45, 2.75) is 6.92 Å². The van der Waals surface area contributed by atoms with Gasteiger partial charge in [-0.3, -0.25) is 0 Å². The van der Waals surface area contributed by atoms with Crippen molar-refractivity contribution in [2.24, 2.45) is 4.99 Å². The highest BCUT2D eigenvalue weighted by molar-refractivity contribution is 6.03.